The molecular formula is C30H39F3N4O5. The fourth-order valence-corrected chi connectivity index (χ4v) is 5.53. The molecule has 1 aliphatic heterocycles. The van der Waals surface area contributed by atoms with E-state index in [1.807, 2.05) is 33.0 Å². The zero-order valence-electron chi connectivity index (χ0n) is 24.3. The molecule has 1 amide bonds. The van der Waals surface area contributed by atoms with E-state index in [1.165, 1.54) is 6.07 Å². The van der Waals surface area contributed by atoms with Gasteiger partial charge in [-0.05, 0) is 102 Å². The number of nitro groups is 1. The number of rotatable bonds is 8. The number of aromatic nitrogens is 1. The number of nitrogens with one attached hydrogen (secondary N) is 1. The number of likely N-dealkylation sites (tertiary alicyclic amines) is 1. The summed E-state index contributed by atoms with van der Waals surface area (Å²) in [5.74, 6) is 1.23. The largest absolute Gasteiger partial charge is 0.489 e. The number of benzene rings is 1. The predicted molar refractivity (Wildman–Crippen MR) is 151 cm³/mol. The summed E-state index contributed by atoms with van der Waals surface area (Å²) < 4.78 is 51.6. The van der Waals surface area contributed by atoms with Gasteiger partial charge in [-0.1, -0.05) is 0 Å². The van der Waals surface area contributed by atoms with Crippen LogP contribution in [0, 0.1) is 16.0 Å². The van der Waals surface area contributed by atoms with E-state index in [0.717, 1.165) is 56.2 Å². The van der Waals surface area contributed by atoms with Crippen molar-refractivity contribution in [3.05, 3.63) is 57.9 Å². The van der Waals surface area contributed by atoms with Crippen LogP contribution in [0.2, 0.25) is 0 Å². The van der Waals surface area contributed by atoms with Crippen molar-refractivity contribution in [3.63, 3.8) is 0 Å². The molecule has 0 spiro atoms. The lowest BCUT2D eigenvalue weighted by Gasteiger charge is -2.33. The fraction of sp³-hybridized carbons (Fsp3) is 0.600. The number of anilines is 1. The maximum Gasteiger partial charge on any atom is 0.423 e. The van der Waals surface area contributed by atoms with Crippen LogP contribution in [0.4, 0.5) is 29.3 Å². The van der Waals surface area contributed by atoms with Crippen molar-refractivity contribution >= 4 is 17.5 Å². The van der Waals surface area contributed by atoms with Gasteiger partial charge in [0.15, 0.2) is 0 Å². The number of aryl methyl sites for hydroxylation is 1. The highest BCUT2D eigenvalue weighted by Gasteiger charge is 2.38. The fourth-order valence-electron chi connectivity index (χ4n) is 5.53. The average Bonchev–Trinajstić information content (AvgIpc) is 2.92. The molecule has 4 rings (SSSR count). The molecule has 2 fully saturated rings. The molecule has 1 saturated heterocycles. The Labute approximate surface area is 243 Å². The highest BCUT2D eigenvalue weighted by molar-refractivity contribution is 5.68. The average molecular weight is 593 g/mol. The van der Waals surface area contributed by atoms with Gasteiger partial charge in [0, 0.05) is 37.1 Å². The Morgan fingerprint density at radius 2 is 1.76 bits per heavy atom. The number of amides is 1. The molecule has 0 unspecified atom stereocenters. The third kappa shape index (κ3) is 8.96. The minimum atomic E-state index is -4.81. The molecule has 1 saturated carbocycles. The second kappa shape index (κ2) is 13.2. The monoisotopic (exact) mass is 592 g/mol. The number of nitro benzene ring substituents is 1. The molecule has 1 aromatic carbocycles. The molecule has 230 valence electrons. The van der Waals surface area contributed by atoms with Crippen LogP contribution in [-0.2, 0) is 17.3 Å². The highest BCUT2D eigenvalue weighted by Crippen LogP contribution is 2.38. The number of pyridine rings is 1. The first-order valence-corrected chi connectivity index (χ1v) is 14.5. The smallest absolute Gasteiger partial charge is 0.423 e. The second-order valence-electron chi connectivity index (χ2n) is 12.2. The van der Waals surface area contributed by atoms with E-state index in [1.54, 1.807) is 11.1 Å². The first-order valence-electron chi connectivity index (χ1n) is 14.5. The lowest BCUT2D eigenvalue weighted by Crippen LogP contribution is -2.41. The van der Waals surface area contributed by atoms with Gasteiger partial charge in [0.1, 0.15) is 16.9 Å². The maximum atomic E-state index is 13.3. The van der Waals surface area contributed by atoms with Crippen LogP contribution >= 0.6 is 0 Å². The SMILES string of the molecule is CC(C)(C)OC(=O)N1CCC(CCc2cncc(OC3CCC(Nc4ccc([N+](=O)[O-])c(C(F)(F)F)c4)CC3)c2)CC1. The van der Waals surface area contributed by atoms with E-state index in [0.29, 0.717) is 37.6 Å². The molecule has 1 N–H and O–H groups in total. The number of alkyl halides is 3. The maximum absolute atomic E-state index is 13.3. The number of hydrogen-bond donors (Lipinski definition) is 1. The van der Waals surface area contributed by atoms with Gasteiger partial charge in [0.05, 0.1) is 17.2 Å². The molecule has 1 aromatic heterocycles. The number of piperidine rings is 1. The third-order valence-corrected chi connectivity index (χ3v) is 7.72. The normalized spacial score (nSPS) is 20.2. The number of ether oxygens (including phenoxy) is 2. The minimum absolute atomic E-state index is 0.0279. The topological polar surface area (TPSA) is 107 Å². The number of halogens is 3. The minimum Gasteiger partial charge on any atom is -0.489 e. The van der Waals surface area contributed by atoms with Crippen molar-refractivity contribution in [1.82, 2.24) is 9.88 Å². The summed E-state index contributed by atoms with van der Waals surface area (Å²) in [5.41, 5.74) is -1.40. The summed E-state index contributed by atoms with van der Waals surface area (Å²) in [5, 5.41) is 14.1. The van der Waals surface area contributed by atoms with Crippen molar-refractivity contribution in [2.75, 3.05) is 18.4 Å². The van der Waals surface area contributed by atoms with Gasteiger partial charge in [-0.3, -0.25) is 15.1 Å². The summed E-state index contributed by atoms with van der Waals surface area (Å²) in [7, 11) is 0. The van der Waals surface area contributed by atoms with E-state index < -0.39 is 28.0 Å². The molecule has 0 bridgehead atoms. The van der Waals surface area contributed by atoms with Crippen molar-refractivity contribution in [3.8, 4) is 5.75 Å². The molecular weight excluding hydrogens is 553 g/mol. The summed E-state index contributed by atoms with van der Waals surface area (Å²) in [6.07, 6.45) is 5.04. The van der Waals surface area contributed by atoms with Gasteiger partial charge < -0.3 is 19.7 Å². The van der Waals surface area contributed by atoms with Crippen LogP contribution in [0.1, 0.15) is 76.8 Å². The number of nitrogens with zero attached hydrogens (tertiary/aromatic N) is 3. The quantitative estimate of drug-likeness (QED) is 0.252. The number of carbonyl (C=O) groups is 1. The van der Waals surface area contributed by atoms with E-state index in [2.05, 4.69) is 10.3 Å². The number of hydrogen-bond acceptors (Lipinski definition) is 7. The summed E-state index contributed by atoms with van der Waals surface area (Å²) in [6, 6.07) is 4.98. The molecule has 12 heteroatoms. The van der Waals surface area contributed by atoms with E-state index in [9.17, 15) is 28.1 Å². The lowest BCUT2D eigenvalue weighted by molar-refractivity contribution is -0.388. The standard InChI is InChI=1S/C30H39F3N4O5/c1-29(2,3)42-28(38)36-14-12-20(13-15-36)4-5-21-16-25(19-34-18-21)41-24-9-6-22(7-10-24)35-23-8-11-27(37(39)40)26(17-23)30(31,32)33/h8,11,16-20,22,24,35H,4-7,9-10,12-15H2,1-3H3. The van der Waals surface area contributed by atoms with Crippen molar-refractivity contribution < 1.29 is 32.4 Å². The highest BCUT2D eigenvalue weighted by atomic mass is 19.4. The Bertz CT molecular complexity index is 1230. The Balaban J connectivity index is 1.21. The molecule has 2 aromatic rings. The molecule has 0 atom stereocenters. The van der Waals surface area contributed by atoms with Gasteiger partial charge in [-0.2, -0.15) is 13.2 Å². The van der Waals surface area contributed by atoms with Gasteiger partial charge in [-0.25, -0.2) is 4.79 Å². The first-order chi connectivity index (χ1) is 19.8. The summed E-state index contributed by atoms with van der Waals surface area (Å²) in [4.78, 5) is 28.4. The molecule has 0 radical (unpaired) electrons. The van der Waals surface area contributed by atoms with Crippen molar-refractivity contribution in [2.24, 2.45) is 5.92 Å². The Morgan fingerprint density at radius 1 is 1.07 bits per heavy atom. The molecule has 42 heavy (non-hydrogen) atoms. The van der Waals surface area contributed by atoms with Crippen LogP contribution in [0.5, 0.6) is 5.75 Å². The van der Waals surface area contributed by atoms with Crippen molar-refractivity contribution in [1.29, 1.82) is 0 Å². The number of carbonyl (C=O) groups excluding carboxylic acids is 1. The molecule has 2 aliphatic rings. The van der Waals surface area contributed by atoms with E-state index >= 15 is 0 Å². The first kappa shape index (κ1) is 31.4. The van der Waals surface area contributed by atoms with Gasteiger partial charge in [0.25, 0.3) is 5.69 Å². The second-order valence-corrected chi connectivity index (χ2v) is 12.2. The van der Waals surface area contributed by atoms with Crippen LogP contribution in [0.25, 0.3) is 0 Å². The Kier molecular flexibility index (Phi) is 9.83. The van der Waals surface area contributed by atoms with Crippen LogP contribution < -0.4 is 10.1 Å². The third-order valence-electron chi connectivity index (χ3n) is 7.72. The van der Waals surface area contributed by atoms with Gasteiger partial charge in [-0.15, -0.1) is 0 Å². The van der Waals surface area contributed by atoms with Crippen molar-refractivity contribution in [2.45, 2.75) is 96.1 Å². The molecule has 2 heterocycles. The zero-order valence-corrected chi connectivity index (χ0v) is 24.3. The summed E-state index contributed by atoms with van der Waals surface area (Å²) >= 11 is 0. The zero-order chi connectivity index (χ0) is 30.5. The van der Waals surface area contributed by atoms with Gasteiger partial charge >= 0.3 is 12.3 Å². The predicted octanol–water partition coefficient (Wildman–Crippen LogP) is 7.39. The van der Waals surface area contributed by atoms with Crippen LogP contribution in [0.3, 0.4) is 0 Å². The molecule has 9 nitrogen and oxygen atoms in total. The van der Waals surface area contributed by atoms with Crippen LogP contribution in [0.15, 0.2) is 36.7 Å². The summed E-state index contributed by atoms with van der Waals surface area (Å²) in [6.45, 7) is 7.01. The van der Waals surface area contributed by atoms with E-state index in [-0.39, 0.29) is 23.9 Å². The van der Waals surface area contributed by atoms with Gasteiger partial charge in [0.2, 0.25) is 0 Å². The Morgan fingerprint density at radius 3 is 2.38 bits per heavy atom. The lowest BCUT2D eigenvalue weighted by atomic mass is 9.91. The van der Waals surface area contributed by atoms with E-state index in [4.69, 9.17) is 9.47 Å². The molecule has 1 aliphatic carbocycles. The van der Waals surface area contributed by atoms with Crippen LogP contribution in [-0.4, -0.2) is 51.7 Å². The Hall–Kier alpha value is -3.57.